The average Bonchev–Trinajstić information content (AvgIpc) is 2.43. The first kappa shape index (κ1) is 12.8. The molecule has 0 atom stereocenters. The molecule has 0 unspecified atom stereocenters. The van der Waals surface area contributed by atoms with Crippen molar-refractivity contribution in [2.75, 3.05) is 6.61 Å². The third-order valence-electron chi connectivity index (χ3n) is 2.60. The van der Waals surface area contributed by atoms with Gasteiger partial charge in [-0.2, -0.15) is 5.26 Å². The van der Waals surface area contributed by atoms with Crippen LogP contribution in [0.1, 0.15) is 12.8 Å². The number of unbranched alkanes of at least 4 members (excludes halogenated alkanes) is 1. The van der Waals surface area contributed by atoms with Gasteiger partial charge in [-0.25, -0.2) is 4.98 Å². The standard InChI is InChI=1S/C13H11N3O3/c14-7-1-2-9-19-12-6-5-11(16(17)18)13-10(12)4-3-8-15-13/h3-6,8H,1-2,9H2. The van der Waals surface area contributed by atoms with E-state index in [0.717, 1.165) is 0 Å². The molecule has 2 aromatic rings. The Morgan fingerprint density at radius 3 is 3.00 bits per heavy atom. The summed E-state index contributed by atoms with van der Waals surface area (Å²) in [5, 5.41) is 20.0. The number of pyridine rings is 1. The van der Waals surface area contributed by atoms with Crippen LogP contribution < -0.4 is 4.74 Å². The number of nitriles is 1. The molecule has 0 saturated heterocycles. The Morgan fingerprint density at radius 1 is 1.42 bits per heavy atom. The Labute approximate surface area is 109 Å². The van der Waals surface area contributed by atoms with Crippen LogP contribution in [0.5, 0.6) is 5.75 Å². The second kappa shape index (κ2) is 5.78. The molecule has 1 heterocycles. The van der Waals surface area contributed by atoms with Gasteiger partial charge in [0, 0.05) is 24.1 Å². The van der Waals surface area contributed by atoms with Crippen LogP contribution in [0.2, 0.25) is 0 Å². The van der Waals surface area contributed by atoms with Gasteiger partial charge in [0.25, 0.3) is 5.69 Å². The third kappa shape index (κ3) is 2.77. The highest BCUT2D eigenvalue weighted by molar-refractivity contribution is 5.91. The van der Waals surface area contributed by atoms with Gasteiger partial charge in [-0.15, -0.1) is 0 Å². The fraction of sp³-hybridized carbons (Fsp3) is 0.231. The molecule has 2 rings (SSSR count). The maximum absolute atomic E-state index is 10.9. The predicted molar refractivity (Wildman–Crippen MR) is 68.7 cm³/mol. The molecule has 0 saturated carbocycles. The number of nitro benzene ring substituents is 1. The first-order valence-electron chi connectivity index (χ1n) is 5.76. The van der Waals surface area contributed by atoms with Crippen molar-refractivity contribution in [3.05, 3.63) is 40.6 Å². The number of hydrogen-bond donors (Lipinski definition) is 0. The molecule has 0 aliphatic rings. The van der Waals surface area contributed by atoms with Crippen LogP contribution in [0, 0.1) is 21.4 Å². The average molecular weight is 257 g/mol. The molecule has 96 valence electrons. The molecule has 0 amide bonds. The number of nitro groups is 1. The van der Waals surface area contributed by atoms with Gasteiger partial charge >= 0.3 is 0 Å². The van der Waals surface area contributed by atoms with Crippen molar-refractivity contribution >= 4 is 16.6 Å². The van der Waals surface area contributed by atoms with E-state index in [1.54, 1.807) is 18.2 Å². The fourth-order valence-corrected chi connectivity index (χ4v) is 1.74. The molecular formula is C13H11N3O3. The Kier molecular flexibility index (Phi) is 3.88. The summed E-state index contributed by atoms with van der Waals surface area (Å²) in [4.78, 5) is 14.5. The van der Waals surface area contributed by atoms with Crippen LogP contribution in [0.4, 0.5) is 5.69 Å². The van der Waals surface area contributed by atoms with Gasteiger partial charge in [0.2, 0.25) is 0 Å². The SMILES string of the molecule is N#CCCCOc1ccc([N+](=O)[O-])c2ncccc12. The summed E-state index contributed by atoms with van der Waals surface area (Å²) in [5.74, 6) is 0.548. The summed E-state index contributed by atoms with van der Waals surface area (Å²) >= 11 is 0. The van der Waals surface area contributed by atoms with Gasteiger partial charge in [0.05, 0.1) is 17.6 Å². The first-order chi connectivity index (χ1) is 9.24. The molecule has 19 heavy (non-hydrogen) atoms. The van der Waals surface area contributed by atoms with Crippen LogP contribution in [-0.2, 0) is 0 Å². The van der Waals surface area contributed by atoms with E-state index in [4.69, 9.17) is 10.00 Å². The van der Waals surface area contributed by atoms with Crippen molar-refractivity contribution in [3.8, 4) is 11.8 Å². The van der Waals surface area contributed by atoms with Gasteiger partial charge in [-0.3, -0.25) is 10.1 Å². The molecule has 0 radical (unpaired) electrons. The number of rotatable bonds is 5. The highest BCUT2D eigenvalue weighted by atomic mass is 16.6. The minimum absolute atomic E-state index is 0.0417. The van der Waals surface area contributed by atoms with Gasteiger partial charge in [-0.05, 0) is 24.6 Å². The second-order valence-corrected chi connectivity index (χ2v) is 3.85. The monoisotopic (exact) mass is 257 g/mol. The lowest BCUT2D eigenvalue weighted by Gasteiger charge is -2.08. The molecule has 0 bridgehead atoms. The van der Waals surface area contributed by atoms with Crippen LogP contribution in [0.15, 0.2) is 30.5 Å². The molecular weight excluding hydrogens is 246 g/mol. The molecule has 0 N–H and O–H groups in total. The van der Waals surface area contributed by atoms with Crippen LogP contribution in [0.25, 0.3) is 10.9 Å². The fourth-order valence-electron chi connectivity index (χ4n) is 1.74. The minimum Gasteiger partial charge on any atom is -0.493 e. The molecule has 0 fully saturated rings. The Bertz CT molecular complexity index is 649. The van der Waals surface area contributed by atoms with Crippen LogP contribution in [-0.4, -0.2) is 16.5 Å². The maximum Gasteiger partial charge on any atom is 0.295 e. The normalized spacial score (nSPS) is 10.1. The summed E-state index contributed by atoms with van der Waals surface area (Å²) in [6.45, 7) is 0.398. The Balaban J connectivity index is 2.33. The number of non-ortho nitro benzene ring substituents is 1. The van der Waals surface area contributed by atoms with Crippen molar-refractivity contribution in [2.24, 2.45) is 0 Å². The summed E-state index contributed by atoms with van der Waals surface area (Å²) < 4.78 is 5.54. The quantitative estimate of drug-likeness (QED) is 0.466. The van der Waals surface area contributed by atoms with Gasteiger partial charge in [0.15, 0.2) is 5.52 Å². The molecule has 1 aromatic heterocycles. The second-order valence-electron chi connectivity index (χ2n) is 3.85. The van der Waals surface area contributed by atoms with E-state index >= 15 is 0 Å². The minimum atomic E-state index is -0.463. The molecule has 0 spiro atoms. The molecule has 0 aliphatic heterocycles. The summed E-state index contributed by atoms with van der Waals surface area (Å²) in [6.07, 6.45) is 2.55. The number of benzene rings is 1. The highest BCUT2D eigenvalue weighted by Crippen LogP contribution is 2.31. The zero-order chi connectivity index (χ0) is 13.7. The van der Waals surface area contributed by atoms with E-state index in [-0.39, 0.29) is 5.69 Å². The zero-order valence-corrected chi connectivity index (χ0v) is 10.1. The van der Waals surface area contributed by atoms with E-state index in [9.17, 15) is 10.1 Å². The largest absolute Gasteiger partial charge is 0.493 e. The van der Waals surface area contributed by atoms with E-state index < -0.39 is 4.92 Å². The summed E-state index contributed by atoms with van der Waals surface area (Å²) in [5.41, 5.74) is 0.269. The van der Waals surface area contributed by atoms with Gasteiger partial charge < -0.3 is 4.74 Å². The Morgan fingerprint density at radius 2 is 2.26 bits per heavy atom. The first-order valence-corrected chi connectivity index (χ1v) is 5.76. The van der Waals surface area contributed by atoms with E-state index in [0.29, 0.717) is 36.1 Å². The lowest BCUT2D eigenvalue weighted by Crippen LogP contribution is -1.99. The van der Waals surface area contributed by atoms with Crippen LogP contribution in [0.3, 0.4) is 0 Å². The number of aromatic nitrogens is 1. The maximum atomic E-state index is 10.9. The number of fused-ring (bicyclic) bond motifs is 1. The van der Waals surface area contributed by atoms with Crippen LogP contribution >= 0.6 is 0 Å². The van der Waals surface area contributed by atoms with Crippen molar-refractivity contribution in [1.82, 2.24) is 4.98 Å². The molecule has 0 aliphatic carbocycles. The summed E-state index contributed by atoms with van der Waals surface area (Å²) in [6, 6.07) is 8.42. The van der Waals surface area contributed by atoms with Gasteiger partial charge in [0.1, 0.15) is 5.75 Å². The highest BCUT2D eigenvalue weighted by Gasteiger charge is 2.15. The van der Waals surface area contributed by atoms with E-state index in [2.05, 4.69) is 4.98 Å². The predicted octanol–water partition coefficient (Wildman–Crippen LogP) is 2.83. The molecule has 1 aromatic carbocycles. The topological polar surface area (TPSA) is 89.0 Å². The molecule has 6 nitrogen and oxygen atoms in total. The van der Waals surface area contributed by atoms with E-state index in [1.807, 2.05) is 6.07 Å². The lowest BCUT2D eigenvalue weighted by molar-refractivity contribution is -0.383. The number of nitrogens with zero attached hydrogens (tertiary/aromatic N) is 3. The van der Waals surface area contributed by atoms with Crippen molar-refractivity contribution in [3.63, 3.8) is 0 Å². The van der Waals surface area contributed by atoms with Crippen molar-refractivity contribution in [1.29, 1.82) is 5.26 Å². The van der Waals surface area contributed by atoms with Crippen molar-refractivity contribution < 1.29 is 9.66 Å². The molecule has 6 heteroatoms. The van der Waals surface area contributed by atoms with Gasteiger partial charge in [-0.1, -0.05) is 0 Å². The number of ether oxygens (including phenoxy) is 1. The summed E-state index contributed by atoms with van der Waals surface area (Å²) in [7, 11) is 0. The lowest BCUT2D eigenvalue weighted by atomic mass is 10.1. The zero-order valence-electron chi connectivity index (χ0n) is 10.1. The third-order valence-corrected chi connectivity index (χ3v) is 2.60. The van der Waals surface area contributed by atoms with Crippen molar-refractivity contribution in [2.45, 2.75) is 12.8 Å². The van der Waals surface area contributed by atoms with E-state index in [1.165, 1.54) is 12.3 Å². The smallest absolute Gasteiger partial charge is 0.295 e. The number of hydrogen-bond acceptors (Lipinski definition) is 5. The Hall–Kier alpha value is -2.68.